The third kappa shape index (κ3) is 38.7. The van der Waals surface area contributed by atoms with E-state index >= 15 is 0 Å². The largest absolute Gasteiger partial charge is 0.472 e. The Bertz CT molecular complexity index is 1090. The molecule has 4 atom stereocenters. The van der Waals surface area contributed by atoms with Gasteiger partial charge in [0.1, 0.15) is 12.7 Å². The molecule has 56 heavy (non-hydrogen) atoms. The van der Waals surface area contributed by atoms with Crippen LogP contribution in [-0.2, 0) is 32.7 Å². The summed E-state index contributed by atoms with van der Waals surface area (Å²) in [5, 5.41) is 28.4. The predicted molar refractivity (Wildman–Crippen MR) is 225 cm³/mol. The number of aliphatic hydroxyl groups is 3. The zero-order valence-corrected chi connectivity index (χ0v) is 35.8. The topological polar surface area (TPSA) is 169 Å². The highest BCUT2D eigenvalue weighted by Gasteiger charge is 2.27. The maximum atomic E-state index is 12.6. The number of phosphoric ester groups is 1. The molecule has 326 valence electrons. The van der Waals surface area contributed by atoms with Crippen LogP contribution in [0.15, 0.2) is 48.6 Å². The van der Waals surface area contributed by atoms with Crippen molar-refractivity contribution in [2.24, 2.45) is 0 Å². The summed E-state index contributed by atoms with van der Waals surface area (Å²) in [6, 6.07) is 0. The van der Waals surface area contributed by atoms with Gasteiger partial charge in [-0.05, 0) is 57.8 Å². The first-order chi connectivity index (χ1) is 27.1. The Morgan fingerprint density at radius 1 is 0.625 bits per heavy atom. The van der Waals surface area contributed by atoms with Crippen LogP contribution in [0, 0.1) is 0 Å². The van der Waals surface area contributed by atoms with Gasteiger partial charge in [-0.25, -0.2) is 4.57 Å². The first kappa shape index (κ1) is 53.9. The average molecular weight is 815 g/mol. The number of hydrogen-bond donors (Lipinski definition) is 4. The number of allylic oxidation sites excluding steroid dienone is 7. The summed E-state index contributed by atoms with van der Waals surface area (Å²) in [5.41, 5.74) is 0. The number of aliphatic hydroxyl groups excluding tert-OH is 3. The van der Waals surface area contributed by atoms with E-state index in [0.717, 1.165) is 70.6 Å². The van der Waals surface area contributed by atoms with Crippen LogP contribution in [0.1, 0.15) is 174 Å². The lowest BCUT2D eigenvalue weighted by atomic mass is 10.1. The molecule has 0 fully saturated rings. The minimum Gasteiger partial charge on any atom is -0.462 e. The van der Waals surface area contributed by atoms with E-state index in [4.69, 9.17) is 19.1 Å². The van der Waals surface area contributed by atoms with Crippen LogP contribution in [0.25, 0.3) is 0 Å². The second kappa shape index (κ2) is 39.7. The molecule has 0 spiro atoms. The van der Waals surface area contributed by atoms with Gasteiger partial charge in [-0.3, -0.25) is 18.6 Å². The standard InChI is InChI=1S/C44H79O11P/c1-3-5-7-9-11-12-13-14-15-16-17-18-19-20-22-26-31-35-44(49)55-42(39-54-56(50,51)53-37-41(47)36-45)38-52-43(48)34-30-27-23-25-29-33-40(46)32-28-24-21-10-8-6-4-2/h6,8,14-15,21,24,28,32,40-42,45-47H,3-5,7,9-13,16-20,22-23,25-27,29-31,33-39H2,1-2H3,(H,50,51)/b8-6+,15-14-,24-21+,32-28+/t40?,41-,42+/m0/s1. The van der Waals surface area contributed by atoms with Gasteiger partial charge < -0.3 is 29.7 Å². The summed E-state index contributed by atoms with van der Waals surface area (Å²) in [6.45, 7) is 2.13. The van der Waals surface area contributed by atoms with Gasteiger partial charge >= 0.3 is 19.8 Å². The lowest BCUT2D eigenvalue weighted by Gasteiger charge is -2.20. The maximum Gasteiger partial charge on any atom is 0.472 e. The molecule has 0 aromatic carbocycles. The number of hydrogen-bond acceptors (Lipinski definition) is 10. The van der Waals surface area contributed by atoms with Crippen LogP contribution in [0.2, 0.25) is 0 Å². The number of unbranched alkanes of at least 4 members (excludes halogenated alkanes) is 17. The van der Waals surface area contributed by atoms with Crippen LogP contribution >= 0.6 is 7.82 Å². The van der Waals surface area contributed by atoms with Gasteiger partial charge in [0.2, 0.25) is 0 Å². The third-order valence-corrected chi connectivity index (χ3v) is 10.0. The predicted octanol–water partition coefficient (Wildman–Crippen LogP) is 10.3. The van der Waals surface area contributed by atoms with E-state index in [2.05, 4.69) is 42.7 Å². The van der Waals surface area contributed by atoms with Gasteiger partial charge in [0, 0.05) is 12.8 Å². The van der Waals surface area contributed by atoms with Gasteiger partial charge in [-0.2, -0.15) is 0 Å². The fraction of sp³-hybridized carbons (Fsp3) is 0.773. The lowest BCUT2D eigenvalue weighted by molar-refractivity contribution is -0.161. The first-order valence-electron chi connectivity index (χ1n) is 21.7. The lowest BCUT2D eigenvalue weighted by Crippen LogP contribution is -2.29. The van der Waals surface area contributed by atoms with Crippen molar-refractivity contribution in [1.82, 2.24) is 0 Å². The molecule has 0 saturated heterocycles. The van der Waals surface area contributed by atoms with E-state index in [1.54, 1.807) is 6.08 Å². The molecule has 2 unspecified atom stereocenters. The third-order valence-electron chi connectivity index (χ3n) is 9.07. The average Bonchev–Trinajstić information content (AvgIpc) is 3.18. The Balaban J connectivity index is 4.38. The normalized spacial score (nSPS) is 14.9. The highest BCUT2D eigenvalue weighted by molar-refractivity contribution is 7.47. The second-order valence-corrected chi connectivity index (χ2v) is 16.0. The van der Waals surface area contributed by atoms with Crippen LogP contribution in [-0.4, -0.2) is 76.9 Å². The molecule has 0 aliphatic heterocycles. The molecule has 0 aromatic heterocycles. The van der Waals surface area contributed by atoms with Crippen molar-refractivity contribution in [1.29, 1.82) is 0 Å². The first-order valence-corrected chi connectivity index (χ1v) is 23.2. The van der Waals surface area contributed by atoms with Gasteiger partial charge in [0.25, 0.3) is 0 Å². The van der Waals surface area contributed by atoms with Gasteiger partial charge in [-0.1, -0.05) is 152 Å². The number of esters is 2. The van der Waals surface area contributed by atoms with Crippen molar-refractivity contribution in [2.45, 2.75) is 193 Å². The fourth-order valence-electron chi connectivity index (χ4n) is 5.70. The smallest absolute Gasteiger partial charge is 0.462 e. The van der Waals surface area contributed by atoms with Gasteiger partial charge in [0.15, 0.2) is 6.10 Å². The Kier molecular flexibility index (Phi) is 38.2. The van der Waals surface area contributed by atoms with Crippen LogP contribution in [0.4, 0.5) is 0 Å². The minimum absolute atomic E-state index is 0.158. The number of ether oxygens (including phenoxy) is 2. The molecule has 0 bridgehead atoms. The SMILES string of the molecule is CC/C=C/C/C=C/C=C/C(O)CCCCCCCC(=O)OC[C@H](COP(=O)(O)OC[C@@H](O)CO)OC(=O)CCCCCCCCC/C=C\CCCCCCCC. The Hall–Kier alpha value is -2.11. The molecule has 0 saturated carbocycles. The molecule has 0 heterocycles. The summed E-state index contributed by atoms with van der Waals surface area (Å²) in [5.74, 6) is -1.01. The highest BCUT2D eigenvalue weighted by Crippen LogP contribution is 2.43. The van der Waals surface area contributed by atoms with Gasteiger partial charge in [0.05, 0.1) is 25.9 Å². The summed E-state index contributed by atoms with van der Waals surface area (Å²) >= 11 is 0. The Labute approximate surface area is 339 Å². The fourth-order valence-corrected chi connectivity index (χ4v) is 6.49. The summed E-state index contributed by atoms with van der Waals surface area (Å²) in [6.07, 6.45) is 38.1. The summed E-state index contributed by atoms with van der Waals surface area (Å²) < 4.78 is 32.6. The molecule has 12 heteroatoms. The number of rotatable bonds is 40. The molecule has 0 aromatic rings. The zero-order chi connectivity index (χ0) is 41.4. The number of carbonyl (C=O) groups is 2. The van der Waals surface area contributed by atoms with Crippen molar-refractivity contribution < 1.29 is 52.9 Å². The highest BCUT2D eigenvalue weighted by atomic mass is 31.2. The van der Waals surface area contributed by atoms with Gasteiger partial charge in [-0.15, -0.1) is 0 Å². The van der Waals surface area contributed by atoms with Crippen molar-refractivity contribution in [3.8, 4) is 0 Å². The second-order valence-electron chi connectivity index (χ2n) is 14.5. The summed E-state index contributed by atoms with van der Waals surface area (Å²) in [4.78, 5) is 35.0. The molecule has 11 nitrogen and oxygen atoms in total. The molecule has 0 aliphatic rings. The van der Waals surface area contributed by atoms with E-state index in [9.17, 15) is 29.3 Å². The van der Waals surface area contributed by atoms with Crippen molar-refractivity contribution in [3.63, 3.8) is 0 Å². The van der Waals surface area contributed by atoms with E-state index < -0.39 is 57.9 Å². The molecule has 4 N–H and O–H groups in total. The van der Waals surface area contributed by atoms with E-state index in [1.165, 1.54) is 57.8 Å². The Morgan fingerprint density at radius 2 is 1.18 bits per heavy atom. The molecular weight excluding hydrogens is 735 g/mol. The molecule has 0 radical (unpaired) electrons. The molecule has 0 amide bonds. The molecule has 0 aliphatic carbocycles. The molecular formula is C44H79O11P. The number of carbonyl (C=O) groups excluding carboxylic acids is 2. The zero-order valence-electron chi connectivity index (χ0n) is 35.0. The minimum atomic E-state index is -4.64. The van der Waals surface area contributed by atoms with Crippen LogP contribution < -0.4 is 0 Å². The number of phosphoric acid groups is 1. The van der Waals surface area contributed by atoms with Crippen molar-refractivity contribution in [3.05, 3.63) is 48.6 Å². The van der Waals surface area contributed by atoms with E-state index in [0.29, 0.717) is 19.3 Å². The van der Waals surface area contributed by atoms with Crippen LogP contribution in [0.3, 0.4) is 0 Å². The van der Waals surface area contributed by atoms with Crippen molar-refractivity contribution in [2.75, 3.05) is 26.4 Å². The summed E-state index contributed by atoms with van der Waals surface area (Å²) in [7, 11) is -4.64. The van der Waals surface area contributed by atoms with Crippen LogP contribution in [0.5, 0.6) is 0 Å². The Morgan fingerprint density at radius 3 is 1.79 bits per heavy atom. The van der Waals surface area contributed by atoms with Crippen molar-refractivity contribution >= 4 is 19.8 Å². The monoisotopic (exact) mass is 815 g/mol. The quantitative estimate of drug-likeness (QED) is 0.0153. The molecule has 0 rings (SSSR count). The van der Waals surface area contributed by atoms with E-state index in [-0.39, 0.29) is 19.4 Å². The van der Waals surface area contributed by atoms with E-state index in [1.807, 2.05) is 18.2 Å². The maximum absolute atomic E-state index is 12.6.